The highest BCUT2D eigenvalue weighted by Gasteiger charge is 2.30. The van der Waals surface area contributed by atoms with Gasteiger partial charge in [0.25, 0.3) is 5.56 Å². The van der Waals surface area contributed by atoms with E-state index in [2.05, 4.69) is 19.1 Å². The number of aromatic nitrogens is 4. The maximum atomic E-state index is 14.4. The quantitative estimate of drug-likeness (QED) is 0.245. The summed E-state index contributed by atoms with van der Waals surface area (Å²) in [6.45, 7) is 7.79. The highest BCUT2D eigenvalue weighted by atomic mass is 16.5. The van der Waals surface area contributed by atoms with Crippen molar-refractivity contribution in [2.24, 2.45) is 0 Å². The second-order valence-corrected chi connectivity index (χ2v) is 11.5. The van der Waals surface area contributed by atoms with E-state index < -0.39 is 12.1 Å². The van der Waals surface area contributed by atoms with Gasteiger partial charge in [-0.15, -0.1) is 0 Å². The largest absolute Gasteiger partial charge is 0.479 e. The molecule has 0 aliphatic heterocycles. The van der Waals surface area contributed by atoms with E-state index >= 15 is 0 Å². The van der Waals surface area contributed by atoms with Gasteiger partial charge in [-0.25, -0.2) is 9.31 Å². The first-order valence-electron chi connectivity index (χ1n) is 15.2. The molecule has 2 aromatic carbocycles. The van der Waals surface area contributed by atoms with Crippen LogP contribution in [0, 0.1) is 25.2 Å². The number of fused-ring (bicyclic) bond motifs is 1. The van der Waals surface area contributed by atoms with Gasteiger partial charge in [0, 0.05) is 18.0 Å². The lowest BCUT2D eigenvalue weighted by atomic mass is 9.91. The van der Waals surface area contributed by atoms with Crippen molar-refractivity contribution in [3.63, 3.8) is 0 Å². The Labute approximate surface area is 251 Å². The Morgan fingerprint density at radius 2 is 1.86 bits per heavy atom. The van der Waals surface area contributed by atoms with Crippen molar-refractivity contribution in [3.05, 3.63) is 86.6 Å². The van der Waals surface area contributed by atoms with E-state index in [1.54, 1.807) is 0 Å². The van der Waals surface area contributed by atoms with Crippen molar-refractivity contribution in [1.82, 2.24) is 19.2 Å². The maximum Gasteiger partial charge on any atom is 0.332 e. The van der Waals surface area contributed by atoms with Crippen LogP contribution >= 0.6 is 0 Å². The average molecular weight is 582 g/mol. The predicted octanol–water partition coefficient (Wildman–Crippen LogP) is 5.95. The molecule has 1 atom stereocenters. The van der Waals surface area contributed by atoms with Crippen molar-refractivity contribution < 1.29 is 14.6 Å². The third kappa shape index (κ3) is 6.11. The third-order valence-electron chi connectivity index (χ3n) is 8.50. The van der Waals surface area contributed by atoms with Crippen molar-refractivity contribution in [1.29, 1.82) is 5.26 Å². The molecule has 0 bridgehead atoms. The van der Waals surface area contributed by atoms with Gasteiger partial charge in [-0.05, 0) is 80.7 Å². The number of carboxylic acids is 1. The van der Waals surface area contributed by atoms with Gasteiger partial charge in [0.05, 0.1) is 23.4 Å². The first-order chi connectivity index (χ1) is 20.7. The molecule has 9 nitrogen and oxygen atoms in total. The van der Waals surface area contributed by atoms with Crippen molar-refractivity contribution >= 4 is 11.7 Å². The second kappa shape index (κ2) is 12.9. The zero-order chi connectivity index (χ0) is 30.7. The Balaban J connectivity index is 1.51. The molecule has 2 heterocycles. The van der Waals surface area contributed by atoms with E-state index in [1.165, 1.54) is 0 Å². The van der Waals surface area contributed by atoms with Gasteiger partial charge in [0.1, 0.15) is 5.82 Å². The highest BCUT2D eigenvalue weighted by molar-refractivity contribution is 5.73. The maximum absolute atomic E-state index is 14.4. The van der Waals surface area contributed by atoms with Gasteiger partial charge >= 0.3 is 5.97 Å². The molecule has 0 amide bonds. The molecule has 43 heavy (non-hydrogen) atoms. The minimum atomic E-state index is -0.935. The number of carbonyl (C=O) groups is 1. The number of nitriles is 1. The molecule has 1 unspecified atom stereocenters. The molecule has 0 saturated heterocycles. The van der Waals surface area contributed by atoms with Crippen LogP contribution in [0.1, 0.15) is 92.2 Å². The number of rotatable bonds is 10. The topological polar surface area (TPSA) is 123 Å². The van der Waals surface area contributed by atoms with Crippen LogP contribution in [0.25, 0.3) is 16.9 Å². The van der Waals surface area contributed by atoms with Gasteiger partial charge in [0.2, 0.25) is 5.78 Å². The van der Waals surface area contributed by atoms with Crippen LogP contribution in [0.15, 0.2) is 47.3 Å². The van der Waals surface area contributed by atoms with Gasteiger partial charge in [0.15, 0.2) is 6.10 Å². The van der Waals surface area contributed by atoms with Crippen LogP contribution < -0.4 is 5.56 Å². The Bertz CT molecular complexity index is 1740. The zero-order valence-corrected chi connectivity index (χ0v) is 25.3. The molecule has 1 saturated carbocycles. The van der Waals surface area contributed by atoms with Crippen LogP contribution in [-0.2, 0) is 22.4 Å². The highest BCUT2D eigenvalue weighted by Crippen LogP contribution is 2.32. The number of aliphatic carboxylic acids is 1. The number of hydrogen-bond acceptors (Lipinski definition) is 6. The van der Waals surface area contributed by atoms with E-state index in [1.807, 2.05) is 66.3 Å². The molecule has 0 spiro atoms. The lowest BCUT2D eigenvalue weighted by Crippen LogP contribution is -2.36. The molecule has 9 heteroatoms. The number of benzene rings is 2. The van der Waals surface area contributed by atoms with Crippen molar-refractivity contribution in [3.8, 4) is 17.2 Å². The van der Waals surface area contributed by atoms with Gasteiger partial charge < -0.3 is 9.84 Å². The fraction of sp³-hybridized carbons (Fsp3) is 0.441. The fourth-order valence-corrected chi connectivity index (χ4v) is 6.39. The Hall–Kier alpha value is -4.29. The molecular formula is C34H39N5O4. The summed E-state index contributed by atoms with van der Waals surface area (Å²) in [6.07, 6.45) is 4.23. The smallest absolute Gasteiger partial charge is 0.332 e. The van der Waals surface area contributed by atoms with Gasteiger partial charge in [-0.2, -0.15) is 15.3 Å². The number of nitrogens with zero attached hydrogens (tertiary/aromatic N) is 5. The number of ether oxygens (including phenoxy) is 1. The predicted molar refractivity (Wildman–Crippen MR) is 164 cm³/mol. The Kier molecular flexibility index (Phi) is 9.07. The minimum Gasteiger partial charge on any atom is -0.479 e. The van der Waals surface area contributed by atoms with Crippen LogP contribution in [0.3, 0.4) is 0 Å². The molecule has 4 aromatic rings. The van der Waals surface area contributed by atoms with Gasteiger partial charge in [-0.3, -0.25) is 9.36 Å². The molecule has 1 fully saturated rings. The molecule has 2 aromatic heterocycles. The van der Waals surface area contributed by atoms with Crippen LogP contribution in [0.2, 0.25) is 0 Å². The number of carboxylic acid groups (broad SMARTS) is 1. The fourth-order valence-electron chi connectivity index (χ4n) is 6.39. The lowest BCUT2D eigenvalue weighted by Gasteiger charge is -2.31. The first kappa shape index (κ1) is 30.2. The van der Waals surface area contributed by atoms with Crippen LogP contribution in [0.5, 0.6) is 0 Å². The zero-order valence-electron chi connectivity index (χ0n) is 25.3. The van der Waals surface area contributed by atoms with Gasteiger partial charge in [-0.1, -0.05) is 56.7 Å². The summed E-state index contributed by atoms with van der Waals surface area (Å²) in [5, 5.41) is 23.8. The summed E-state index contributed by atoms with van der Waals surface area (Å²) in [5.74, 6) is 0.245. The Morgan fingerprint density at radius 3 is 2.51 bits per heavy atom. The standard InChI is InChI=1S/C34H39N5O4/c1-5-9-30-29(19-23-12-17-27(21(3)18-23)28-11-8-7-10-24(28)20-35)32(40)38(34-36-22(4)37-39(30)34)25-13-15-26(16-14-25)43-31(6-2)33(41)42/h7-8,10-12,17-18,25-26,31H,5-6,9,13-16,19H2,1-4H3,(H,41,42)/t25-,26-,31?. The normalized spacial score (nSPS) is 17.6. The molecule has 1 aliphatic rings. The molecule has 0 radical (unpaired) electrons. The second-order valence-electron chi connectivity index (χ2n) is 11.5. The van der Waals surface area contributed by atoms with Crippen LogP contribution in [0.4, 0.5) is 0 Å². The van der Waals surface area contributed by atoms with Crippen LogP contribution in [-0.4, -0.2) is 42.4 Å². The summed E-state index contributed by atoms with van der Waals surface area (Å²) in [7, 11) is 0. The third-order valence-corrected chi connectivity index (χ3v) is 8.50. The van der Waals surface area contributed by atoms with E-state index in [0.717, 1.165) is 39.9 Å². The first-order valence-corrected chi connectivity index (χ1v) is 15.2. The Morgan fingerprint density at radius 1 is 1.12 bits per heavy atom. The number of aryl methyl sites for hydroxylation is 3. The summed E-state index contributed by atoms with van der Waals surface area (Å²) >= 11 is 0. The minimum absolute atomic E-state index is 0.0405. The molecule has 224 valence electrons. The van der Waals surface area contributed by atoms with E-state index in [4.69, 9.17) is 14.8 Å². The molecule has 5 rings (SSSR count). The van der Waals surface area contributed by atoms with Crippen molar-refractivity contribution in [2.45, 2.75) is 97.3 Å². The van der Waals surface area contributed by atoms with E-state index in [9.17, 15) is 20.0 Å². The molecular weight excluding hydrogens is 542 g/mol. The monoisotopic (exact) mass is 581 g/mol. The summed E-state index contributed by atoms with van der Waals surface area (Å²) in [5.41, 5.74) is 6.16. The molecule has 1 aliphatic carbocycles. The molecule has 1 N–H and O–H groups in total. The summed E-state index contributed by atoms with van der Waals surface area (Å²) in [6, 6.07) is 16.0. The summed E-state index contributed by atoms with van der Waals surface area (Å²) < 4.78 is 9.58. The van der Waals surface area contributed by atoms with E-state index in [0.29, 0.717) is 62.1 Å². The average Bonchev–Trinajstić information content (AvgIpc) is 3.39. The van der Waals surface area contributed by atoms with Crippen molar-refractivity contribution in [2.75, 3.05) is 0 Å². The SMILES string of the molecule is CCCc1c(Cc2ccc(-c3ccccc3C#N)c(C)c2)c(=O)n([C@H]2CC[C@H](OC(CC)C(=O)O)CC2)c2nc(C)nn12. The number of hydrogen-bond donors (Lipinski definition) is 1. The summed E-state index contributed by atoms with van der Waals surface area (Å²) in [4.78, 5) is 30.6. The van der Waals surface area contributed by atoms with E-state index in [-0.39, 0.29) is 17.7 Å². The lowest BCUT2D eigenvalue weighted by molar-refractivity contribution is -0.156.